The van der Waals surface area contributed by atoms with Crippen molar-refractivity contribution in [3.63, 3.8) is 0 Å². The molecule has 1 amide bonds. The van der Waals surface area contributed by atoms with E-state index in [4.69, 9.17) is 9.47 Å². The second kappa shape index (κ2) is 9.75. The lowest BCUT2D eigenvalue weighted by Gasteiger charge is -2.22. The van der Waals surface area contributed by atoms with Gasteiger partial charge in [-0.3, -0.25) is 9.78 Å². The minimum Gasteiger partial charge on any atom is -0.496 e. The highest BCUT2D eigenvalue weighted by molar-refractivity contribution is 7.15. The van der Waals surface area contributed by atoms with Gasteiger partial charge in [0.2, 0.25) is 0 Å². The molecule has 1 aliphatic rings. The summed E-state index contributed by atoms with van der Waals surface area (Å²) in [6, 6.07) is 10.7. The molecular weight excluding hydrogens is 412 g/mol. The van der Waals surface area contributed by atoms with Gasteiger partial charge in [-0.1, -0.05) is 18.6 Å². The van der Waals surface area contributed by atoms with Crippen LogP contribution < -0.4 is 10.1 Å². The number of esters is 1. The van der Waals surface area contributed by atoms with E-state index in [-0.39, 0.29) is 12.0 Å². The van der Waals surface area contributed by atoms with Crippen molar-refractivity contribution >= 4 is 28.2 Å². The molecule has 0 bridgehead atoms. The molecule has 0 saturated heterocycles. The number of carbonyl (C=O) groups is 2. The number of hydrogen-bond donors (Lipinski definition) is 1. The summed E-state index contributed by atoms with van der Waals surface area (Å²) in [5.74, 6) is -0.278. The summed E-state index contributed by atoms with van der Waals surface area (Å²) < 4.78 is 11.1. The molecule has 160 valence electrons. The molecule has 1 aliphatic carbocycles. The molecule has 0 radical (unpaired) electrons. The molecule has 1 N–H and O–H groups in total. The second-order valence-corrected chi connectivity index (χ2v) is 8.29. The molecule has 1 aromatic carbocycles. The Kier molecular flexibility index (Phi) is 6.62. The molecular formula is C24H24N2O4S. The monoisotopic (exact) mass is 436 g/mol. The summed E-state index contributed by atoms with van der Waals surface area (Å²) in [5, 5.41) is 5.22. The summed E-state index contributed by atoms with van der Waals surface area (Å²) >= 11 is 1.30. The zero-order chi connectivity index (χ0) is 21.6. The van der Waals surface area contributed by atoms with E-state index in [1.54, 1.807) is 36.7 Å². The number of amides is 1. The van der Waals surface area contributed by atoms with Gasteiger partial charge in [0.25, 0.3) is 5.91 Å². The van der Waals surface area contributed by atoms with Crippen molar-refractivity contribution in [3.05, 3.63) is 65.3 Å². The zero-order valence-corrected chi connectivity index (χ0v) is 18.1. The van der Waals surface area contributed by atoms with Crippen LogP contribution in [0.5, 0.6) is 5.75 Å². The van der Waals surface area contributed by atoms with E-state index in [1.165, 1.54) is 24.9 Å². The molecule has 31 heavy (non-hydrogen) atoms. The first-order valence-corrected chi connectivity index (χ1v) is 11.2. The number of pyridine rings is 1. The number of hydrogen-bond acceptors (Lipinski definition) is 6. The van der Waals surface area contributed by atoms with Crippen molar-refractivity contribution in [1.82, 2.24) is 4.98 Å². The van der Waals surface area contributed by atoms with Gasteiger partial charge in [-0.25, -0.2) is 4.79 Å². The van der Waals surface area contributed by atoms with E-state index >= 15 is 0 Å². The molecule has 6 nitrogen and oxygen atoms in total. The minimum atomic E-state index is -0.407. The third kappa shape index (κ3) is 4.77. The van der Waals surface area contributed by atoms with Gasteiger partial charge in [-0.2, -0.15) is 0 Å². The summed E-state index contributed by atoms with van der Waals surface area (Å²) in [7, 11) is 1.52. The lowest BCUT2D eigenvalue weighted by Crippen LogP contribution is -2.22. The van der Waals surface area contributed by atoms with E-state index < -0.39 is 5.97 Å². The van der Waals surface area contributed by atoms with Crippen molar-refractivity contribution in [2.24, 2.45) is 0 Å². The van der Waals surface area contributed by atoms with Gasteiger partial charge in [-0.05, 0) is 55.5 Å². The van der Waals surface area contributed by atoms with Crippen molar-refractivity contribution in [3.8, 4) is 16.9 Å². The zero-order valence-electron chi connectivity index (χ0n) is 17.3. The maximum absolute atomic E-state index is 13.2. The molecule has 3 aromatic rings. The fourth-order valence-electron chi connectivity index (χ4n) is 3.79. The normalized spacial score (nSPS) is 14.1. The first-order chi connectivity index (χ1) is 15.2. The Bertz CT molecular complexity index is 1060. The molecule has 7 heteroatoms. The van der Waals surface area contributed by atoms with E-state index in [1.807, 2.05) is 17.5 Å². The van der Waals surface area contributed by atoms with Crippen LogP contribution in [-0.4, -0.2) is 30.1 Å². The summed E-state index contributed by atoms with van der Waals surface area (Å²) in [6.07, 6.45) is 8.34. The first-order valence-electron chi connectivity index (χ1n) is 10.3. The quantitative estimate of drug-likeness (QED) is 0.512. The smallest absolute Gasteiger partial charge is 0.342 e. The van der Waals surface area contributed by atoms with Crippen molar-refractivity contribution in [2.75, 3.05) is 12.4 Å². The highest BCUT2D eigenvalue weighted by atomic mass is 32.1. The predicted octanol–water partition coefficient (Wildman–Crippen LogP) is 5.56. The number of aromatic nitrogens is 1. The topological polar surface area (TPSA) is 77.5 Å². The van der Waals surface area contributed by atoms with Crippen LogP contribution in [0.25, 0.3) is 11.1 Å². The molecule has 2 aromatic heterocycles. The van der Waals surface area contributed by atoms with E-state index in [2.05, 4.69) is 10.3 Å². The van der Waals surface area contributed by atoms with Crippen LogP contribution >= 0.6 is 11.3 Å². The molecule has 4 rings (SSSR count). The maximum Gasteiger partial charge on any atom is 0.342 e. The van der Waals surface area contributed by atoms with Gasteiger partial charge in [0, 0.05) is 23.3 Å². The summed E-state index contributed by atoms with van der Waals surface area (Å²) in [6.45, 7) is 0. The van der Waals surface area contributed by atoms with Crippen LogP contribution in [0.4, 0.5) is 5.00 Å². The molecule has 1 fully saturated rings. The predicted molar refractivity (Wildman–Crippen MR) is 121 cm³/mol. The van der Waals surface area contributed by atoms with Gasteiger partial charge < -0.3 is 14.8 Å². The van der Waals surface area contributed by atoms with Gasteiger partial charge >= 0.3 is 5.97 Å². The minimum absolute atomic E-state index is 0.0794. The number of anilines is 1. The van der Waals surface area contributed by atoms with E-state index in [0.717, 1.165) is 36.8 Å². The molecule has 0 spiro atoms. The van der Waals surface area contributed by atoms with Gasteiger partial charge in [0.1, 0.15) is 22.4 Å². The van der Waals surface area contributed by atoms with Crippen LogP contribution in [0.15, 0.2) is 54.2 Å². The Labute approximate surface area is 185 Å². The van der Waals surface area contributed by atoms with Crippen molar-refractivity contribution in [2.45, 2.75) is 38.2 Å². The summed E-state index contributed by atoms with van der Waals surface area (Å²) in [5.41, 5.74) is 2.35. The van der Waals surface area contributed by atoms with Crippen LogP contribution in [-0.2, 0) is 4.74 Å². The molecule has 0 unspecified atom stereocenters. The Hall–Kier alpha value is -3.19. The van der Waals surface area contributed by atoms with Gasteiger partial charge in [0.05, 0.1) is 12.7 Å². The molecule has 1 saturated carbocycles. The third-order valence-electron chi connectivity index (χ3n) is 5.39. The number of methoxy groups -OCH3 is 1. The Morgan fingerprint density at radius 1 is 1.06 bits per heavy atom. The van der Waals surface area contributed by atoms with Crippen LogP contribution in [0.1, 0.15) is 52.8 Å². The highest BCUT2D eigenvalue weighted by Gasteiger charge is 2.27. The van der Waals surface area contributed by atoms with E-state index in [0.29, 0.717) is 21.9 Å². The summed E-state index contributed by atoms with van der Waals surface area (Å²) in [4.78, 5) is 30.2. The van der Waals surface area contributed by atoms with Crippen LogP contribution in [0.3, 0.4) is 0 Å². The largest absolute Gasteiger partial charge is 0.496 e. The number of benzene rings is 1. The number of carbonyl (C=O) groups excluding carboxylic acids is 2. The SMILES string of the molecule is COc1ccccc1C(=O)Nc1scc(-c2ccncc2)c1C(=O)OC1CCCCC1. The van der Waals surface area contributed by atoms with Crippen molar-refractivity contribution in [1.29, 1.82) is 0 Å². The average molecular weight is 437 g/mol. The van der Waals surface area contributed by atoms with Crippen LogP contribution in [0, 0.1) is 0 Å². The van der Waals surface area contributed by atoms with Gasteiger partial charge in [0.15, 0.2) is 0 Å². The molecule has 0 atom stereocenters. The van der Waals surface area contributed by atoms with Crippen LogP contribution in [0.2, 0.25) is 0 Å². The highest BCUT2D eigenvalue weighted by Crippen LogP contribution is 2.37. The molecule has 2 heterocycles. The Morgan fingerprint density at radius 3 is 2.55 bits per heavy atom. The first kappa shape index (κ1) is 21.1. The fourth-order valence-corrected chi connectivity index (χ4v) is 4.74. The second-order valence-electron chi connectivity index (χ2n) is 7.41. The number of nitrogens with zero attached hydrogens (tertiary/aromatic N) is 1. The van der Waals surface area contributed by atoms with Crippen molar-refractivity contribution < 1.29 is 19.1 Å². The number of nitrogens with one attached hydrogen (secondary N) is 1. The number of rotatable bonds is 6. The number of para-hydroxylation sites is 1. The number of thiophene rings is 1. The fraction of sp³-hybridized carbons (Fsp3) is 0.292. The van der Waals surface area contributed by atoms with E-state index in [9.17, 15) is 9.59 Å². The number of ether oxygens (including phenoxy) is 2. The lowest BCUT2D eigenvalue weighted by atomic mass is 9.97. The average Bonchev–Trinajstić information content (AvgIpc) is 3.24. The Morgan fingerprint density at radius 2 is 1.81 bits per heavy atom. The standard InChI is InChI=1S/C24H24N2O4S/c1-29-20-10-6-5-9-18(20)22(27)26-23-21(24(28)30-17-7-3-2-4-8-17)19(15-31-23)16-11-13-25-14-12-16/h5-6,9-15,17H,2-4,7-8H2,1H3,(H,26,27). The van der Waals surface area contributed by atoms with Gasteiger partial charge in [-0.15, -0.1) is 11.3 Å². The lowest BCUT2D eigenvalue weighted by molar-refractivity contribution is 0.0214. The Balaban J connectivity index is 1.66. The third-order valence-corrected chi connectivity index (χ3v) is 6.29. The molecule has 0 aliphatic heterocycles. The maximum atomic E-state index is 13.2.